The quantitative estimate of drug-likeness (QED) is 0.747. The van der Waals surface area contributed by atoms with Crippen LogP contribution in [0.15, 0.2) is 0 Å². The van der Waals surface area contributed by atoms with Crippen LogP contribution in [0.1, 0.15) is 45.4 Å². The third kappa shape index (κ3) is 6.22. The van der Waals surface area contributed by atoms with E-state index in [1.165, 1.54) is 0 Å². The molecule has 2 rings (SSSR count). The highest BCUT2D eigenvalue weighted by Gasteiger charge is 2.32. The van der Waals surface area contributed by atoms with Crippen LogP contribution in [0.5, 0.6) is 0 Å². The number of nitrogens with two attached hydrogens (primary N) is 1. The van der Waals surface area contributed by atoms with Crippen molar-refractivity contribution < 1.29 is 14.3 Å². The highest BCUT2D eigenvalue weighted by molar-refractivity contribution is 5.85. The number of carbonyl (C=O) groups is 2. The number of hydrogen-bond acceptors (Lipinski definition) is 4. The Morgan fingerprint density at radius 3 is 2.67 bits per heavy atom. The molecule has 2 atom stereocenters. The Morgan fingerprint density at radius 2 is 2.00 bits per heavy atom. The molecule has 2 saturated heterocycles. The molecular formula is C17H32ClN3O3. The number of likely N-dealkylation sites (tertiary alicyclic amines) is 1. The number of nitrogens with one attached hydrogen (secondary N) is 1. The summed E-state index contributed by atoms with van der Waals surface area (Å²) in [5.74, 6) is 0.757. The zero-order valence-corrected chi connectivity index (χ0v) is 15.5. The molecule has 24 heavy (non-hydrogen) atoms. The number of halogens is 1. The van der Waals surface area contributed by atoms with Crippen molar-refractivity contribution in [3.05, 3.63) is 0 Å². The zero-order valence-electron chi connectivity index (χ0n) is 14.7. The van der Waals surface area contributed by atoms with Gasteiger partial charge in [0.15, 0.2) is 0 Å². The fourth-order valence-electron chi connectivity index (χ4n) is 3.49. The van der Waals surface area contributed by atoms with Gasteiger partial charge in [0.05, 0.1) is 6.04 Å². The maximum absolute atomic E-state index is 12.7. The van der Waals surface area contributed by atoms with Gasteiger partial charge in [-0.2, -0.15) is 0 Å². The molecule has 2 amide bonds. The Bertz CT molecular complexity index is 403. The maximum Gasteiger partial charge on any atom is 0.239 e. The Labute approximate surface area is 151 Å². The average molecular weight is 362 g/mol. The summed E-state index contributed by atoms with van der Waals surface area (Å²) in [6.45, 7) is 5.57. The van der Waals surface area contributed by atoms with Gasteiger partial charge in [0.1, 0.15) is 0 Å². The first-order valence-corrected chi connectivity index (χ1v) is 9.00. The minimum atomic E-state index is -0.410. The van der Waals surface area contributed by atoms with Crippen LogP contribution in [-0.4, -0.2) is 55.6 Å². The molecule has 0 bridgehead atoms. The largest absolute Gasteiger partial charge is 0.381 e. The summed E-state index contributed by atoms with van der Waals surface area (Å²) in [7, 11) is 0. The summed E-state index contributed by atoms with van der Waals surface area (Å²) in [5, 5.41) is 2.98. The predicted octanol–water partition coefficient (Wildman–Crippen LogP) is 1.32. The summed E-state index contributed by atoms with van der Waals surface area (Å²) in [4.78, 5) is 26.2. The Hall–Kier alpha value is -0.850. The molecule has 3 N–H and O–H groups in total. The van der Waals surface area contributed by atoms with Crippen LogP contribution in [0.25, 0.3) is 0 Å². The van der Waals surface area contributed by atoms with E-state index < -0.39 is 6.04 Å². The summed E-state index contributed by atoms with van der Waals surface area (Å²) in [6.07, 6.45) is 5.23. The Morgan fingerprint density at radius 1 is 1.29 bits per heavy atom. The molecule has 0 spiro atoms. The van der Waals surface area contributed by atoms with E-state index >= 15 is 0 Å². The van der Waals surface area contributed by atoms with Crippen LogP contribution in [0.3, 0.4) is 0 Å². The van der Waals surface area contributed by atoms with Crippen molar-refractivity contribution in [1.29, 1.82) is 0 Å². The Balaban J connectivity index is 0.00000288. The van der Waals surface area contributed by atoms with Gasteiger partial charge in [0, 0.05) is 39.3 Å². The first-order chi connectivity index (χ1) is 11.1. The van der Waals surface area contributed by atoms with Gasteiger partial charge in [-0.15, -0.1) is 12.4 Å². The van der Waals surface area contributed by atoms with Gasteiger partial charge in [0.25, 0.3) is 0 Å². The molecule has 140 valence electrons. The van der Waals surface area contributed by atoms with E-state index in [2.05, 4.69) is 5.32 Å². The van der Waals surface area contributed by atoms with Crippen LogP contribution in [0, 0.1) is 11.8 Å². The number of rotatable bonds is 6. The monoisotopic (exact) mass is 361 g/mol. The lowest BCUT2D eigenvalue weighted by Gasteiger charge is -2.36. The lowest BCUT2D eigenvalue weighted by Crippen LogP contribution is -2.52. The van der Waals surface area contributed by atoms with Crippen molar-refractivity contribution in [2.75, 3.05) is 32.8 Å². The highest BCUT2D eigenvalue weighted by Crippen LogP contribution is 2.22. The smallest absolute Gasteiger partial charge is 0.239 e. The Kier molecular flexibility index (Phi) is 9.63. The summed E-state index contributed by atoms with van der Waals surface area (Å²) < 4.78 is 5.35. The fourth-order valence-corrected chi connectivity index (χ4v) is 3.49. The molecule has 7 heteroatoms. The molecule has 0 saturated carbocycles. The van der Waals surface area contributed by atoms with Gasteiger partial charge >= 0.3 is 0 Å². The molecule has 2 heterocycles. The lowest BCUT2D eigenvalue weighted by atomic mass is 9.90. The fraction of sp³-hybridized carbons (Fsp3) is 0.882. The molecule has 2 aliphatic rings. The second kappa shape index (κ2) is 10.9. The van der Waals surface area contributed by atoms with E-state index in [9.17, 15) is 9.59 Å². The molecule has 0 radical (unpaired) electrons. The van der Waals surface area contributed by atoms with Crippen LogP contribution in [0.4, 0.5) is 0 Å². The summed E-state index contributed by atoms with van der Waals surface area (Å²) in [6, 6.07) is -0.410. The number of amides is 2. The van der Waals surface area contributed by atoms with E-state index in [0.29, 0.717) is 38.6 Å². The minimum Gasteiger partial charge on any atom is -0.381 e. The molecule has 0 aromatic heterocycles. The number of hydrogen-bond donors (Lipinski definition) is 2. The van der Waals surface area contributed by atoms with Crippen LogP contribution in [0.2, 0.25) is 0 Å². The molecule has 2 fully saturated rings. The zero-order chi connectivity index (χ0) is 16.7. The molecule has 0 aromatic carbocycles. The molecule has 2 aliphatic heterocycles. The van der Waals surface area contributed by atoms with E-state index in [1.54, 1.807) is 0 Å². The van der Waals surface area contributed by atoms with Gasteiger partial charge in [-0.1, -0.05) is 6.92 Å². The average Bonchev–Trinajstić information content (AvgIpc) is 2.60. The van der Waals surface area contributed by atoms with E-state index in [4.69, 9.17) is 10.5 Å². The first kappa shape index (κ1) is 21.2. The minimum absolute atomic E-state index is 0. The van der Waals surface area contributed by atoms with Crippen molar-refractivity contribution in [2.45, 2.75) is 51.5 Å². The van der Waals surface area contributed by atoms with Gasteiger partial charge in [-0.3, -0.25) is 9.59 Å². The van der Waals surface area contributed by atoms with E-state index in [-0.39, 0.29) is 30.1 Å². The van der Waals surface area contributed by atoms with Gasteiger partial charge in [-0.05, 0) is 43.9 Å². The topological polar surface area (TPSA) is 84.7 Å². The third-order valence-electron chi connectivity index (χ3n) is 4.95. The van der Waals surface area contributed by atoms with Gasteiger partial charge < -0.3 is 20.7 Å². The van der Waals surface area contributed by atoms with Gasteiger partial charge in [-0.25, -0.2) is 0 Å². The SMILES string of the molecule is CCCC(=O)NCC1CCCN(C(=O)C(N)C2CCOCC2)C1.Cl. The predicted molar refractivity (Wildman–Crippen MR) is 96.0 cm³/mol. The van der Waals surface area contributed by atoms with Gasteiger partial charge in [0.2, 0.25) is 11.8 Å². The van der Waals surface area contributed by atoms with Crippen LogP contribution < -0.4 is 11.1 Å². The summed E-state index contributed by atoms with van der Waals surface area (Å²) >= 11 is 0. The number of piperidine rings is 1. The van der Waals surface area contributed by atoms with Crippen molar-refractivity contribution in [2.24, 2.45) is 17.6 Å². The standard InChI is InChI=1S/C17H31N3O3.ClH/c1-2-4-15(21)19-11-13-5-3-8-20(12-13)17(22)16(18)14-6-9-23-10-7-14;/h13-14,16H,2-12,18H2,1H3,(H,19,21);1H. The molecule has 0 aliphatic carbocycles. The second-order valence-corrected chi connectivity index (χ2v) is 6.82. The molecular weight excluding hydrogens is 330 g/mol. The van der Waals surface area contributed by atoms with Crippen LogP contribution in [-0.2, 0) is 14.3 Å². The number of carbonyl (C=O) groups excluding carboxylic acids is 2. The lowest BCUT2D eigenvalue weighted by molar-refractivity contribution is -0.136. The van der Waals surface area contributed by atoms with Crippen LogP contribution >= 0.6 is 12.4 Å². The third-order valence-corrected chi connectivity index (χ3v) is 4.95. The molecule has 0 aromatic rings. The van der Waals surface area contributed by atoms with Crippen molar-refractivity contribution in [3.8, 4) is 0 Å². The van der Waals surface area contributed by atoms with Crippen molar-refractivity contribution in [3.63, 3.8) is 0 Å². The van der Waals surface area contributed by atoms with Crippen molar-refractivity contribution >= 4 is 24.2 Å². The highest BCUT2D eigenvalue weighted by atomic mass is 35.5. The first-order valence-electron chi connectivity index (χ1n) is 9.00. The second-order valence-electron chi connectivity index (χ2n) is 6.82. The molecule has 2 unspecified atom stereocenters. The van der Waals surface area contributed by atoms with E-state index in [1.807, 2.05) is 11.8 Å². The van der Waals surface area contributed by atoms with E-state index in [0.717, 1.165) is 38.6 Å². The number of ether oxygens (including phenoxy) is 1. The number of nitrogens with zero attached hydrogens (tertiary/aromatic N) is 1. The normalized spacial score (nSPS) is 23.2. The van der Waals surface area contributed by atoms with Crippen molar-refractivity contribution in [1.82, 2.24) is 10.2 Å². The maximum atomic E-state index is 12.7. The summed E-state index contributed by atoms with van der Waals surface area (Å²) in [5.41, 5.74) is 6.21. The molecule has 6 nitrogen and oxygen atoms in total.